The number of pyridine rings is 2. The van der Waals surface area contributed by atoms with Gasteiger partial charge in [-0.25, -0.2) is 4.98 Å². The highest BCUT2D eigenvalue weighted by molar-refractivity contribution is 5.81. The van der Waals surface area contributed by atoms with Crippen molar-refractivity contribution < 1.29 is 5.11 Å². The average molecular weight is 378 g/mol. The van der Waals surface area contributed by atoms with E-state index in [4.69, 9.17) is 0 Å². The largest absolute Gasteiger partial charge is 0.393 e. The summed E-state index contributed by atoms with van der Waals surface area (Å²) in [5.74, 6) is 1.41. The molecule has 1 fully saturated rings. The van der Waals surface area contributed by atoms with Crippen LogP contribution in [0.2, 0.25) is 0 Å². The second kappa shape index (κ2) is 6.75. The first kappa shape index (κ1) is 16.9. The van der Waals surface area contributed by atoms with Crippen LogP contribution in [0.3, 0.4) is 0 Å². The summed E-state index contributed by atoms with van der Waals surface area (Å²) in [5, 5.41) is 29.1. The van der Waals surface area contributed by atoms with Crippen LogP contribution in [0.25, 0.3) is 16.7 Å². The van der Waals surface area contributed by atoms with Crippen molar-refractivity contribution in [2.45, 2.75) is 44.8 Å². The van der Waals surface area contributed by atoms with E-state index in [2.05, 4.69) is 35.9 Å². The summed E-state index contributed by atoms with van der Waals surface area (Å²) in [4.78, 5) is 8.93. The van der Waals surface area contributed by atoms with Gasteiger partial charge in [0.1, 0.15) is 5.82 Å². The number of aliphatic hydroxyl groups is 1. The van der Waals surface area contributed by atoms with Crippen molar-refractivity contribution in [3.8, 4) is 0 Å². The maximum atomic E-state index is 9.70. The third-order valence-electron chi connectivity index (χ3n) is 5.26. The highest BCUT2D eigenvalue weighted by Crippen LogP contribution is 2.24. The van der Waals surface area contributed by atoms with Crippen LogP contribution in [0.15, 0.2) is 30.5 Å². The molecule has 1 aliphatic rings. The van der Waals surface area contributed by atoms with Crippen molar-refractivity contribution in [2.24, 2.45) is 0 Å². The molecule has 4 aromatic rings. The molecule has 28 heavy (non-hydrogen) atoms. The Morgan fingerprint density at radius 2 is 2.07 bits per heavy atom. The Labute approximate surface area is 161 Å². The Morgan fingerprint density at radius 1 is 1.21 bits per heavy atom. The van der Waals surface area contributed by atoms with E-state index in [-0.39, 0.29) is 6.10 Å². The molecule has 4 N–H and O–H groups in total. The fourth-order valence-corrected chi connectivity index (χ4v) is 3.71. The van der Waals surface area contributed by atoms with Gasteiger partial charge >= 0.3 is 0 Å². The van der Waals surface area contributed by atoms with Crippen molar-refractivity contribution in [3.63, 3.8) is 0 Å². The maximum absolute atomic E-state index is 9.70. The van der Waals surface area contributed by atoms with Crippen LogP contribution in [0.5, 0.6) is 0 Å². The van der Waals surface area contributed by atoms with Crippen LogP contribution in [-0.2, 0) is 0 Å². The number of nitrogens with zero attached hydrogens (tertiary/aromatic N) is 5. The molecule has 0 aromatic carbocycles. The third-order valence-corrected chi connectivity index (χ3v) is 5.26. The van der Waals surface area contributed by atoms with Crippen LogP contribution in [-0.4, -0.2) is 47.0 Å². The normalized spacial score (nSPS) is 19.9. The van der Waals surface area contributed by atoms with Crippen molar-refractivity contribution in [1.29, 1.82) is 0 Å². The maximum Gasteiger partial charge on any atom is 0.247 e. The summed E-state index contributed by atoms with van der Waals surface area (Å²) in [6.07, 6.45) is 5.13. The minimum atomic E-state index is -0.166. The van der Waals surface area contributed by atoms with Crippen LogP contribution >= 0.6 is 0 Å². The van der Waals surface area contributed by atoms with Gasteiger partial charge in [0.25, 0.3) is 0 Å². The van der Waals surface area contributed by atoms with E-state index in [1.165, 1.54) is 0 Å². The molecule has 144 valence electrons. The predicted octanol–water partition coefficient (Wildman–Crippen LogP) is 2.77. The lowest BCUT2D eigenvalue weighted by molar-refractivity contribution is 0.126. The molecule has 0 amide bonds. The molecule has 0 atom stereocenters. The Morgan fingerprint density at radius 3 is 2.93 bits per heavy atom. The van der Waals surface area contributed by atoms with Crippen LogP contribution in [0.4, 0.5) is 17.5 Å². The number of hydrogen-bond acceptors (Lipinski definition) is 7. The lowest BCUT2D eigenvalue weighted by Crippen LogP contribution is -2.29. The Balaban J connectivity index is 1.40. The minimum absolute atomic E-state index is 0.166. The van der Waals surface area contributed by atoms with Crippen molar-refractivity contribution in [1.82, 2.24) is 29.8 Å². The van der Waals surface area contributed by atoms with Gasteiger partial charge in [0.2, 0.25) is 5.95 Å². The number of anilines is 3. The summed E-state index contributed by atoms with van der Waals surface area (Å²) in [6, 6.07) is 8.22. The van der Waals surface area contributed by atoms with Gasteiger partial charge in [-0.3, -0.25) is 5.10 Å². The highest BCUT2D eigenvalue weighted by Gasteiger charge is 2.20. The zero-order chi connectivity index (χ0) is 19.1. The number of hydrogen-bond donors (Lipinski definition) is 4. The van der Waals surface area contributed by atoms with E-state index in [9.17, 15) is 5.11 Å². The lowest BCUT2D eigenvalue weighted by atomic mass is 9.93. The summed E-state index contributed by atoms with van der Waals surface area (Å²) >= 11 is 0. The molecule has 5 rings (SSSR count). The number of fused-ring (bicyclic) bond motifs is 2. The SMILES string of the molecule is Cc1[nH]nc2ncc(Nc3nc4cccc(NC5CCC(O)CC5)n4n3)cc12. The van der Waals surface area contributed by atoms with E-state index in [0.717, 1.165) is 53.9 Å². The summed E-state index contributed by atoms with van der Waals surface area (Å²) in [6.45, 7) is 1.96. The Bertz CT molecular complexity index is 1130. The van der Waals surface area contributed by atoms with E-state index < -0.39 is 0 Å². The molecule has 0 saturated heterocycles. The second-order valence-electron chi connectivity index (χ2n) is 7.33. The van der Waals surface area contributed by atoms with E-state index in [1.807, 2.05) is 35.7 Å². The molecule has 0 spiro atoms. The van der Waals surface area contributed by atoms with Gasteiger partial charge in [0.05, 0.1) is 18.0 Å². The summed E-state index contributed by atoms with van der Waals surface area (Å²) < 4.78 is 1.81. The zero-order valence-corrected chi connectivity index (χ0v) is 15.6. The number of aliphatic hydroxyl groups excluding tert-OH is 1. The molecule has 4 aromatic heterocycles. The molecule has 0 unspecified atom stereocenters. The van der Waals surface area contributed by atoms with Gasteiger partial charge in [-0.2, -0.15) is 14.6 Å². The fraction of sp³-hybridized carbons (Fsp3) is 0.368. The van der Waals surface area contributed by atoms with Crippen molar-refractivity contribution >= 4 is 34.1 Å². The molecule has 1 aliphatic carbocycles. The van der Waals surface area contributed by atoms with Crippen molar-refractivity contribution in [2.75, 3.05) is 10.6 Å². The Hall–Kier alpha value is -3.20. The molecule has 9 heteroatoms. The first-order valence-corrected chi connectivity index (χ1v) is 9.54. The number of rotatable bonds is 4. The highest BCUT2D eigenvalue weighted by atomic mass is 16.3. The van der Waals surface area contributed by atoms with Crippen LogP contribution in [0.1, 0.15) is 31.4 Å². The third kappa shape index (κ3) is 3.13. The van der Waals surface area contributed by atoms with Gasteiger partial charge < -0.3 is 15.7 Å². The number of H-pyrrole nitrogens is 1. The van der Waals surface area contributed by atoms with Gasteiger partial charge in [-0.1, -0.05) is 6.07 Å². The number of aromatic nitrogens is 6. The van der Waals surface area contributed by atoms with Gasteiger partial charge in [-0.15, -0.1) is 5.10 Å². The van der Waals surface area contributed by atoms with Crippen LogP contribution in [0, 0.1) is 6.92 Å². The number of nitrogens with one attached hydrogen (secondary N) is 3. The molecule has 0 radical (unpaired) electrons. The van der Waals surface area contributed by atoms with E-state index >= 15 is 0 Å². The topological polar surface area (TPSA) is 116 Å². The van der Waals surface area contributed by atoms with Gasteiger partial charge in [-0.05, 0) is 50.8 Å². The quantitative estimate of drug-likeness (QED) is 0.431. The van der Waals surface area contributed by atoms with Gasteiger partial charge in [0.15, 0.2) is 11.3 Å². The van der Waals surface area contributed by atoms with Crippen LogP contribution < -0.4 is 10.6 Å². The summed E-state index contributed by atoms with van der Waals surface area (Å²) in [5.41, 5.74) is 3.23. The molecular weight excluding hydrogens is 356 g/mol. The average Bonchev–Trinajstić information content (AvgIpc) is 3.28. The lowest BCUT2D eigenvalue weighted by Gasteiger charge is -2.26. The fourth-order valence-electron chi connectivity index (χ4n) is 3.71. The zero-order valence-electron chi connectivity index (χ0n) is 15.6. The molecule has 0 bridgehead atoms. The predicted molar refractivity (Wildman–Crippen MR) is 107 cm³/mol. The van der Waals surface area contributed by atoms with E-state index in [0.29, 0.717) is 17.6 Å². The molecule has 1 saturated carbocycles. The Kier molecular flexibility index (Phi) is 4.09. The minimum Gasteiger partial charge on any atom is -0.393 e. The molecule has 4 heterocycles. The van der Waals surface area contributed by atoms with E-state index in [1.54, 1.807) is 6.20 Å². The molecule has 9 nitrogen and oxygen atoms in total. The van der Waals surface area contributed by atoms with Crippen molar-refractivity contribution in [3.05, 3.63) is 36.2 Å². The summed E-state index contributed by atoms with van der Waals surface area (Å²) in [7, 11) is 0. The number of aryl methyl sites for hydroxylation is 1. The molecule has 0 aliphatic heterocycles. The molecular formula is C19H22N8O. The standard InChI is InChI=1S/C19H22N8O/c1-11-15-9-13(10-20-18(15)25-24-11)22-19-23-17-4-2-3-16(27(17)26-19)21-12-5-7-14(28)8-6-12/h2-4,9-10,12,14,21,28H,5-8H2,1H3,(H,22,26)(H,20,24,25). The number of aromatic amines is 1. The monoisotopic (exact) mass is 378 g/mol. The second-order valence-corrected chi connectivity index (χ2v) is 7.33. The first-order chi connectivity index (χ1) is 13.7. The smallest absolute Gasteiger partial charge is 0.247 e. The van der Waals surface area contributed by atoms with Gasteiger partial charge in [0, 0.05) is 17.1 Å². The first-order valence-electron chi connectivity index (χ1n) is 9.54.